The molecule has 0 bridgehead atoms. The molecule has 0 spiro atoms. The normalized spacial score (nSPS) is 15.3. The summed E-state index contributed by atoms with van der Waals surface area (Å²) in [6.07, 6.45) is 3.66. The minimum Gasteiger partial charge on any atom is -0.310 e. The van der Waals surface area contributed by atoms with Crippen molar-refractivity contribution in [3.63, 3.8) is 0 Å². The van der Waals surface area contributed by atoms with Crippen LogP contribution in [-0.4, -0.2) is 0 Å². The van der Waals surface area contributed by atoms with Crippen LogP contribution < -0.4 is 9.80 Å². The van der Waals surface area contributed by atoms with Crippen LogP contribution in [0.3, 0.4) is 0 Å². The maximum absolute atomic E-state index is 15.9. The van der Waals surface area contributed by atoms with Crippen molar-refractivity contribution in [3.8, 4) is 33.4 Å². The van der Waals surface area contributed by atoms with E-state index in [4.69, 9.17) is 0 Å². The Morgan fingerprint density at radius 3 is 0.953 bits per heavy atom. The van der Waals surface area contributed by atoms with Crippen LogP contribution in [0.4, 0.5) is 51.7 Å². The summed E-state index contributed by atoms with van der Waals surface area (Å²) in [6, 6.07) is 87.4. The van der Waals surface area contributed by atoms with Gasteiger partial charge in [0.2, 0.25) is 0 Å². The molecule has 6 heteroatoms. The predicted molar refractivity (Wildman–Crippen MR) is 345 cm³/mol. The standard InChI is InChI=1S/C80H56F4N2/c1-5-53-17-25-57(26-18-53)79(59-29-33-61(81)34-30-59)73-13-9-7-11-69(73)71-45-43-65(47-75(71)79)85(67-37-15-51(3)77(83)49-67)63-39-21-55(22-40-63)56-23-41-64(42-24-56)86(68-38-16-52(4)78(84)50-68)66-44-46-72-70-12-8-10-14-74(70)80(76(72)48-66,60-31-35-62(82)36-32-60)58-27-19-54(6-2)20-28-58/h5-50H,1-2H2,3-4H3. The summed E-state index contributed by atoms with van der Waals surface area (Å²) in [7, 11) is 0. The molecule has 86 heavy (non-hydrogen) atoms. The zero-order chi connectivity index (χ0) is 58.8. The zero-order valence-corrected chi connectivity index (χ0v) is 47.4. The highest BCUT2D eigenvalue weighted by Crippen LogP contribution is 2.59. The van der Waals surface area contributed by atoms with E-state index in [9.17, 15) is 8.78 Å². The van der Waals surface area contributed by atoms with E-state index in [1.54, 1.807) is 38.1 Å². The van der Waals surface area contributed by atoms with E-state index in [-0.39, 0.29) is 23.3 Å². The van der Waals surface area contributed by atoms with Gasteiger partial charge in [0, 0.05) is 34.1 Å². The molecule has 12 aromatic carbocycles. The smallest absolute Gasteiger partial charge is 0.128 e. The van der Waals surface area contributed by atoms with Crippen LogP contribution in [0.1, 0.15) is 66.8 Å². The number of hydrogen-bond donors (Lipinski definition) is 0. The van der Waals surface area contributed by atoms with Crippen LogP contribution in [0.2, 0.25) is 0 Å². The highest BCUT2D eigenvalue weighted by molar-refractivity contribution is 5.92. The molecular formula is C80H56F4N2. The van der Waals surface area contributed by atoms with Gasteiger partial charge in [-0.1, -0.05) is 195 Å². The second-order valence-corrected chi connectivity index (χ2v) is 22.3. The van der Waals surface area contributed by atoms with Crippen LogP contribution >= 0.6 is 0 Å². The summed E-state index contributed by atoms with van der Waals surface area (Å²) in [5.41, 5.74) is 20.1. The fourth-order valence-electron chi connectivity index (χ4n) is 13.5. The average molecular weight is 1120 g/mol. The molecule has 0 radical (unpaired) electrons. The van der Waals surface area contributed by atoms with Gasteiger partial charge < -0.3 is 9.80 Å². The predicted octanol–water partition coefficient (Wildman–Crippen LogP) is 21.5. The lowest BCUT2D eigenvalue weighted by Gasteiger charge is -2.35. The third-order valence-electron chi connectivity index (χ3n) is 17.7. The molecular weight excluding hydrogens is 1060 g/mol. The molecule has 0 saturated carbocycles. The van der Waals surface area contributed by atoms with E-state index in [0.717, 1.165) is 112 Å². The van der Waals surface area contributed by atoms with Gasteiger partial charge in [0.25, 0.3) is 0 Å². The van der Waals surface area contributed by atoms with Crippen molar-refractivity contribution < 1.29 is 17.6 Å². The lowest BCUT2D eigenvalue weighted by atomic mass is 9.67. The lowest BCUT2D eigenvalue weighted by molar-refractivity contribution is 0.618. The first-order valence-corrected chi connectivity index (χ1v) is 28.8. The van der Waals surface area contributed by atoms with Crippen LogP contribution in [0.5, 0.6) is 0 Å². The Labute approximate surface area is 499 Å². The van der Waals surface area contributed by atoms with Gasteiger partial charge in [-0.3, -0.25) is 0 Å². The van der Waals surface area contributed by atoms with Gasteiger partial charge in [0.1, 0.15) is 23.3 Å². The van der Waals surface area contributed by atoms with E-state index in [1.807, 2.05) is 48.6 Å². The van der Waals surface area contributed by atoms with E-state index < -0.39 is 10.8 Å². The van der Waals surface area contributed by atoms with Crippen molar-refractivity contribution in [1.82, 2.24) is 0 Å². The van der Waals surface area contributed by atoms with Crippen molar-refractivity contribution in [2.24, 2.45) is 0 Å². The van der Waals surface area contributed by atoms with E-state index >= 15 is 8.78 Å². The average Bonchev–Trinajstić information content (AvgIpc) is 1.60. The Balaban J connectivity index is 0.870. The van der Waals surface area contributed by atoms with Crippen molar-refractivity contribution >= 4 is 46.3 Å². The molecule has 2 unspecified atom stereocenters. The Morgan fingerprint density at radius 2 is 0.605 bits per heavy atom. The zero-order valence-electron chi connectivity index (χ0n) is 47.4. The molecule has 0 aromatic heterocycles. The summed E-state index contributed by atoms with van der Waals surface area (Å²) >= 11 is 0. The van der Waals surface area contributed by atoms with Crippen molar-refractivity contribution in [1.29, 1.82) is 0 Å². The van der Waals surface area contributed by atoms with Gasteiger partial charge >= 0.3 is 0 Å². The van der Waals surface area contributed by atoms with Crippen LogP contribution in [0.25, 0.3) is 45.5 Å². The molecule has 0 N–H and O–H groups in total. The second kappa shape index (κ2) is 21.3. The Hall–Kier alpha value is -10.6. The number of hydrogen-bond acceptors (Lipinski definition) is 2. The minimum absolute atomic E-state index is 0.320. The first-order chi connectivity index (χ1) is 42.0. The molecule has 2 nitrogen and oxygen atoms in total. The first-order valence-electron chi connectivity index (χ1n) is 28.8. The molecule has 2 aliphatic rings. The SMILES string of the molecule is C=Cc1ccc(C2(c3ccc(F)cc3)c3ccccc3-c3ccc(N(c4ccc(-c5ccc(N(c6ccc(C)c(F)c6)c6ccc7c(c6)C(c6ccc(F)cc6)(c6ccc(C=C)cc6)c6ccccc6-7)cc5)cc4)c4ccc(C)c(F)c4)cc32)cc1. The van der Waals surface area contributed by atoms with Crippen molar-refractivity contribution in [3.05, 3.63) is 370 Å². The van der Waals surface area contributed by atoms with Gasteiger partial charge in [-0.15, -0.1) is 0 Å². The Bertz CT molecular complexity index is 4310. The number of fused-ring (bicyclic) bond motifs is 6. The van der Waals surface area contributed by atoms with Gasteiger partial charge in [0.05, 0.1) is 10.8 Å². The quantitative estimate of drug-likeness (QED) is 0.106. The molecule has 2 aliphatic carbocycles. The summed E-state index contributed by atoms with van der Waals surface area (Å²) < 4.78 is 61.5. The third kappa shape index (κ3) is 8.62. The van der Waals surface area contributed by atoms with Gasteiger partial charge in [-0.05, 0) is 211 Å². The highest BCUT2D eigenvalue weighted by atomic mass is 19.1. The topological polar surface area (TPSA) is 6.48 Å². The van der Waals surface area contributed by atoms with Gasteiger partial charge in [-0.25, -0.2) is 17.6 Å². The number of aryl methyl sites for hydroxylation is 2. The molecule has 0 fully saturated rings. The number of halogens is 4. The van der Waals surface area contributed by atoms with Crippen LogP contribution in [0.15, 0.2) is 280 Å². The van der Waals surface area contributed by atoms with Gasteiger partial charge in [0.15, 0.2) is 0 Å². The number of rotatable bonds is 13. The number of benzene rings is 12. The highest BCUT2D eigenvalue weighted by Gasteiger charge is 2.48. The summed E-state index contributed by atoms with van der Waals surface area (Å²) in [4.78, 5) is 4.17. The van der Waals surface area contributed by atoms with E-state index in [2.05, 4.69) is 205 Å². The van der Waals surface area contributed by atoms with Gasteiger partial charge in [-0.2, -0.15) is 0 Å². The van der Waals surface area contributed by atoms with Crippen LogP contribution in [0, 0.1) is 37.1 Å². The molecule has 0 heterocycles. The third-order valence-corrected chi connectivity index (χ3v) is 17.7. The number of nitrogens with zero attached hydrogens (tertiary/aromatic N) is 2. The summed E-state index contributed by atoms with van der Waals surface area (Å²) in [5.74, 6) is -1.28. The van der Waals surface area contributed by atoms with Crippen LogP contribution in [-0.2, 0) is 10.8 Å². The molecule has 14 rings (SSSR count). The molecule has 0 saturated heterocycles. The Kier molecular flexibility index (Phi) is 13.2. The monoisotopic (exact) mass is 1120 g/mol. The fourth-order valence-corrected chi connectivity index (χ4v) is 13.5. The molecule has 414 valence electrons. The maximum Gasteiger partial charge on any atom is 0.128 e. The molecule has 0 amide bonds. The molecule has 2 atom stereocenters. The first kappa shape index (κ1) is 53.4. The Morgan fingerprint density at radius 1 is 0.302 bits per heavy atom. The second-order valence-electron chi connectivity index (χ2n) is 22.3. The summed E-state index contributed by atoms with van der Waals surface area (Å²) in [5, 5.41) is 0. The van der Waals surface area contributed by atoms with E-state index in [1.165, 1.54) is 24.3 Å². The minimum atomic E-state index is -0.835. The maximum atomic E-state index is 15.9. The van der Waals surface area contributed by atoms with E-state index in [0.29, 0.717) is 22.5 Å². The van der Waals surface area contributed by atoms with Crippen molar-refractivity contribution in [2.45, 2.75) is 24.7 Å². The summed E-state index contributed by atoms with van der Waals surface area (Å²) in [6.45, 7) is 11.6. The molecule has 12 aromatic rings. The largest absolute Gasteiger partial charge is 0.310 e. The molecule has 0 aliphatic heterocycles. The van der Waals surface area contributed by atoms with Crippen molar-refractivity contribution in [2.75, 3.05) is 9.80 Å². The lowest BCUT2D eigenvalue weighted by Crippen LogP contribution is -2.29. The fraction of sp³-hybridized carbons (Fsp3) is 0.0500. The number of anilines is 6.